The minimum Gasteiger partial charge on any atom is -0.469 e. The van der Waals surface area contributed by atoms with Crippen molar-refractivity contribution in [1.29, 1.82) is 0 Å². The molecule has 3 heteroatoms. The molecule has 0 amide bonds. The number of furan rings is 1. The first-order chi connectivity index (χ1) is 7.12. The summed E-state index contributed by atoms with van der Waals surface area (Å²) in [6.07, 6.45) is 4.43. The SMILES string of the molecule is CC(C)OCC1(O)CCCc2occc21. The van der Waals surface area contributed by atoms with Crippen LogP contribution in [-0.4, -0.2) is 17.8 Å². The van der Waals surface area contributed by atoms with Crippen molar-refractivity contribution in [2.75, 3.05) is 6.61 Å². The third kappa shape index (κ3) is 2.08. The Morgan fingerprint density at radius 1 is 1.60 bits per heavy atom. The standard InChI is InChI=1S/C12H18O3/c1-9(2)15-8-12(13)6-3-4-11-10(12)5-7-14-11/h5,7,9,13H,3-4,6,8H2,1-2H3. The zero-order valence-corrected chi connectivity index (χ0v) is 9.32. The molecule has 1 atom stereocenters. The highest BCUT2D eigenvalue weighted by atomic mass is 16.5. The maximum absolute atomic E-state index is 10.5. The Bertz CT molecular complexity index is 329. The number of ether oxygens (including phenoxy) is 1. The molecule has 0 aliphatic heterocycles. The quantitative estimate of drug-likeness (QED) is 0.831. The van der Waals surface area contributed by atoms with Crippen LogP contribution in [0.25, 0.3) is 0 Å². The molecule has 1 aromatic heterocycles. The van der Waals surface area contributed by atoms with Crippen molar-refractivity contribution in [1.82, 2.24) is 0 Å². The Kier molecular flexibility index (Phi) is 2.85. The largest absolute Gasteiger partial charge is 0.469 e. The predicted molar refractivity (Wildman–Crippen MR) is 56.6 cm³/mol. The molecule has 15 heavy (non-hydrogen) atoms. The molecule has 0 fully saturated rings. The van der Waals surface area contributed by atoms with Gasteiger partial charge in [0.05, 0.1) is 19.0 Å². The van der Waals surface area contributed by atoms with Crippen molar-refractivity contribution in [2.24, 2.45) is 0 Å². The van der Waals surface area contributed by atoms with Crippen LogP contribution in [0.2, 0.25) is 0 Å². The minimum absolute atomic E-state index is 0.145. The molecule has 1 heterocycles. The molecule has 2 rings (SSSR count). The summed E-state index contributed by atoms with van der Waals surface area (Å²) in [6.45, 7) is 4.31. The van der Waals surface area contributed by atoms with E-state index in [1.54, 1.807) is 6.26 Å². The zero-order valence-electron chi connectivity index (χ0n) is 9.32. The van der Waals surface area contributed by atoms with Gasteiger partial charge in [-0.1, -0.05) is 0 Å². The average Bonchev–Trinajstić information content (AvgIpc) is 2.65. The number of hydrogen-bond donors (Lipinski definition) is 1. The Morgan fingerprint density at radius 3 is 3.13 bits per heavy atom. The second-order valence-electron chi connectivity index (χ2n) is 4.50. The topological polar surface area (TPSA) is 42.6 Å². The summed E-state index contributed by atoms with van der Waals surface area (Å²) >= 11 is 0. The van der Waals surface area contributed by atoms with Crippen LogP contribution >= 0.6 is 0 Å². The fraction of sp³-hybridized carbons (Fsp3) is 0.667. The van der Waals surface area contributed by atoms with E-state index in [1.807, 2.05) is 19.9 Å². The van der Waals surface area contributed by atoms with Crippen molar-refractivity contribution in [3.8, 4) is 0 Å². The number of hydrogen-bond acceptors (Lipinski definition) is 3. The van der Waals surface area contributed by atoms with Crippen molar-refractivity contribution >= 4 is 0 Å². The average molecular weight is 210 g/mol. The van der Waals surface area contributed by atoms with Gasteiger partial charge in [0.15, 0.2) is 0 Å². The van der Waals surface area contributed by atoms with E-state index in [1.165, 1.54) is 0 Å². The fourth-order valence-electron chi connectivity index (χ4n) is 2.08. The third-order valence-corrected chi connectivity index (χ3v) is 2.90. The lowest BCUT2D eigenvalue weighted by Gasteiger charge is -2.32. The number of aliphatic hydroxyl groups is 1. The van der Waals surface area contributed by atoms with Gasteiger partial charge in [0.1, 0.15) is 11.4 Å². The van der Waals surface area contributed by atoms with Gasteiger partial charge < -0.3 is 14.3 Å². The molecule has 84 valence electrons. The van der Waals surface area contributed by atoms with Crippen molar-refractivity contribution in [3.63, 3.8) is 0 Å². The van der Waals surface area contributed by atoms with Crippen LogP contribution in [0.3, 0.4) is 0 Å². The van der Waals surface area contributed by atoms with Gasteiger partial charge >= 0.3 is 0 Å². The molecule has 1 aliphatic carbocycles. The summed E-state index contributed by atoms with van der Waals surface area (Å²) in [5.74, 6) is 0.913. The molecule has 1 aromatic rings. The molecule has 0 saturated carbocycles. The van der Waals surface area contributed by atoms with E-state index in [2.05, 4.69) is 0 Å². The van der Waals surface area contributed by atoms with Gasteiger partial charge in [-0.15, -0.1) is 0 Å². The summed E-state index contributed by atoms with van der Waals surface area (Å²) in [4.78, 5) is 0. The van der Waals surface area contributed by atoms with Gasteiger partial charge in [-0.25, -0.2) is 0 Å². The molecule has 0 radical (unpaired) electrons. The second kappa shape index (κ2) is 3.99. The summed E-state index contributed by atoms with van der Waals surface area (Å²) in [5, 5.41) is 10.5. The first kappa shape index (κ1) is 10.7. The van der Waals surface area contributed by atoms with Crippen LogP contribution in [0.5, 0.6) is 0 Å². The highest BCUT2D eigenvalue weighted by Gasteiger charge is 2.36. The highest BCUT2D eigenvalue weighted by Crippen LogP contribution is 2.36. The van der Waals surface area contributed by atoms with E-state index >= 15 is 0 Å². The second-order valence-corrected chi connectivity index (χ2v) is 4.50. The lowest BCUT2D eigenvalue weighted by molar-refractivity contribution is -0.0793. The maximum atomic E-state index is 10.5. The van der Waals surface area contributed by atoms with Crippen LogP contribution in [0.4, 0.5) is 0 Å². The molecular formula is C12H18O3. The Balaban J connectivity index is 2.16. The number of aryl methyl sites for hydroxylation is 1. The summed E-state index contributed by atoms with van der Waals surface area (Å²) in [7, 11) is 0. The molecule has 0 bridgehead atoms. The predicted octanol–water partition coefficient (Wildman–Crippen LogP) is 2.23. The van der Waals surface area contributed by atoms with E-state index in [4.69, 9.17) is 9.15 Å². The van der Waals surface area contributed by atoms with Gasteiger partial charge in [0.2, 0.25) is 0 Å². The summed E-state index contributed by atoms with van der Waals surface area (Å²) < 4.78 is 10.9. The Hall–Kier alpha value is -0.800. The molecule has 1 aliphatic rings. The van der Waals surface area contributed by atoms with E-state index in [-0.39, 0.29) is 6.10 Å². The molecular weight excluding hydrogens is 192 g/mol. The Morgan fingerprint density at radius 2 is 2.40 bits per heavy atom. The molecule has 0 saturated heterocycles. The highest BCUT2D eigenvalue weighted by molar-refractivity contribution is 5.27. The van der Waals surface area contributed by atoms with Crippen molar-refractivity contribution < 1.29 is 14.3 Å². The molecule has 1 N–H and O–H groups in total. The van der Waals surface area contributed by atoms with Crippen LogP contribution < -0.4 is 0 Å². The van der Waals surface area contributed by atoms with Gasteiger partial charge in [-0.2, -0.15) is 0 Å². The zero-order chi connectivity index (χ0) is 10.9. The first-order valence-corrected chi connectivity index (χ1v) is 5.53. The lowest BCUT2D eigenvalue weighted by Crippen LogP contribution is -2.35. The summed E-state index contributed by atoms with van der Waals surface area (Å²) in [5.41, 5.74) is 0.0691. The van der Waals surface area contributed by atoms with E-state index in [9.17, 15) is 5.11 Å². The van der Waals surface area contributed by atoms with E-state index in [0.29, 0.717) is 6.61 Å². The minimum atomic E-state index is -0.842. The van der Waals surface area contributed by atoms with Crippen LogP contribution in [0.1, 0.15) is 38.0 Å². The van der Waals surface area contributed by atoms with Gasteiger partial charge in [-0.3, -0.25) is 0 Å². The molecule has 1 unspecified atom stereocenters. The third-order valence-electron chi connectivity index (χ3n) is 2.90. The maximum Gasteiger partial charge on any atom is 0.116 e. The van der Waals surface area contributed by atoms with E-state index < -0.39 is 5.60 Å². The van der Waals surface area contributed by atoms with Crippen LogP contribution in [0, 0.1) is 0 Å². The molecule has 0 spiro atoms. The number of rotatable bonds is 3. The summed E-state index contributed by atoms with van der Waals surface area (Å²) in [6, 6.07) is 1.86. The van der Waals surface area contributed by atoms with Crippen LogP contribution in [0.15, 0.2) is 16.7 Å². The first-order valence-electron chi connectivity index (χ1n) is 5.53. The van der Waals surface area contributed by atoms with Crippen molar-refractivity contribution in [2.45, 2.75) is 44.8 Å². The number of fused-ring (bicyclic) bond motifs is 1. The molecule has 3 nitrogen and oxygen atoms in total. The Labute approximate surface area is 90.0 Å². The van der Waals surface area contributed by atoms with Crippen molar-refractivity contribution in [3.05, 3.63) is 23.7 Å². The van der Waals surface area contributed by atoms with Crippen LogP contribution in [-0.2, 0) is 16.8 Å². The normalized spacial score (nSPS) is 25.6. The van der Waals surface area contributed by atoms with Gasteiger partial charge in [0, 0.05) is 12.0 Å². The van der Waals surface area contributed by atoms with Gasteiger partial charge in [-0.05, 0) is 32.8 Å². The van der Waals surface area contributed by atoms with Gasteiger partial charge in [0.25, 0.3) is 0 Å². The smallest absolute Gasteiger partial charge is 0.116 e. The van der Waals surface area contributed by atoms with E-state index in [0.717, 1.165) is 30.6 Å². The monoisotopic (exact) mass is 210 g/mol. The lowest BCUT2D eigenvalue weighted by atomic mass is 9.83. The fourth-order valence-corrected chi connectivity index (χ4v) is 2.08. The molecule has 0 aromatic carbocycles.